The van der Waals surface area contributed by atoms with Crippen molar-refractivity contribution < 1.29 is 19.8 Å². The fourth-order valence-electron chi connectivity index (χ4n) is 1.31. The molecule has 5 heteroatoms. The largest absolute Gasteiger partial charge is 0.478 e. The summed E-state index contributed by atoms with van der Waals surface area (Å²) >= 11 is 0. The predicted octanol–water partition coefficient (Wildman–Crippen LogP) is -0.0573. The van der Waals surface area contributed by atoms with Gasteiger partial charge in [-0.25, -0.2) is 4.79 Å². The smallest absolute Gasteiger partial charge is 0.335 e. The number of likely N-dealkylation sites (N-methyl/N-ethyl adjacent to an activating group) is 1. The molecule has 2 N–H and O–H groups in total. The van der Waals surface area contributed by atoms with E-state index in [2.05, 4.69) is 0 Å². The van der Waals surface area contributed by atoms with Crippen LogP contribution in [0.25, 0.3) is 0 Å². The molecule has 0 saturated heterocycles. The maximum atomic E-state index is 10.8. The molecule has 0 aromatic rings. The Morgan fingerprint density at radius 2 is 2.31 bits per heavy atom. The Morgan fingerprint density at radius 1 is 1.62 bits per heavy atom. The molecule has 5 nitrogen and oxygen atoms in total. The molecule has 0 radical (unpaired) electrons. The highest BCUT2D eigenvalue weighted by Gasteiger charge is 2.11. The Kier molecular flexibility index (Phi) is 4.02. The number of carboxylic acid groups (broad SMARTS) is 1. The first kappa shape index (κ1) is 12.2. The Balaban J connectivity index is 2.92. The van der Waals surface area contributed by atoms with Crippen LogP contribution >= 0.6 is 0 Å². The van der Waals surface area contributed by atoms with Gasteiger partial charge in [-0.05, 0) is 17.7 Å². The van der Waals surface area contributed by atoms with Crippen LogP contribution in [0, 0.1) is 0 Å². The number of amides is 1. The first-order valence-corrected chi connectivity index (χ1v) is 4.70. The number of aliphatic hydroxyl groups is 1. The van der Waals surface area contributed by atoms with Gasteiger partial charge in [-0.2, -0.15) is 0 Å². The van der Waals surface area contributed by atoms with Gasteiger partial charge in [-0.3, -0.25) is 4.79 Å². The molecule has 0 heterocycles. The number of rotatable bonds is 4. The summed E-state index contributed by atoms with van der Waals surface area (Å²) in [5.74, 6) is -1.10. The molecule has 1 rings (SSSR count). The van der Waals surface area contributed by atoms with E-state index >= 15 is 0 Å². The Morgan fingerprint density at radius 3 is 2.88 bits per heavy atom. The molecule has 1 unspecified atom stereocenters. The second-order valence-electron chi connectivity index (χ2n) is 3.52. The molecule has 0 bridgehead atoms. The van der Waals surface area contributed by atoms with Gasteiger partial charge >= 0.3 is 5.97 Å². The summed E-state index contributed by atoms with van der Waals surface area (Å²) in [5.41, 5.74) is 0.673. The lowest BCUT2D eigenvalue weighted by Gasteiger charge is -2.10. The summed E-state index contributed by atoms with van der Waals surface area (Å²) in [4.78, 5) is 22.6. The lowest BCUT2D eigenvalue weighted by Crippen LogP contribution is -2.18. The van der Waals surface area contributed by atoms with Crippen molar-refractivity contribution in [1.29, 1.82) is 0 Å². The first-order valence-electron chi connectivity index (χ1n) is 4.70. The van der Waals surface area contributed by atoms with Crippen LogP contribution in [0.1, 0.15) is 0 Å². The van der Waals surface area contributed by atoms with Crippen molar-refractivity contribution in [2.24, 2.45) is 0 Å². The number of aliphatic carboxylic acids is 1. The third kappa shape index (κ3) is 3.36. The highest BCUT2D eigenvalue weighted by Crippen LogP contribution is 2.12. The van der Waals surface area contributed by atoms with Crippen LogP contribution in [0.2, 0.25) is 0 Å². The third-order valence-corrected chi connectivity index (χ3v) is 2.06. The van der Waals surface area contributed by atoms with Crippen LogP contribution in [0.5, 0.6) is 0 Å². The average molecular weight is 223 g/mol. The number of hydrogen-bond donors (Lipinski definition) is 2. The van der Waals surface area contributed by atoms with Gasteiger partial charge < -0.3 is 15.1 Å². The summed E-state index contributed by atoms with van der Waals surface area (Å²) in [6.45, 7) is 0.303. The van der Waals surface area contributed by atoms with E-state index < -0.39 is 12.1 Å². The van der Waals surface area contributed by atoms with Crippen molar-refractivity contribution in [3.05, 3.63) is 35.5 Å². The quantitative estimate of drug-likeness (QED) is 0.655. The fraction of sp³-hybridized carbons (Fsp3) is 0.273. The van der Waals surface area contributed by atoms with Crippen molar-refractivity contribution in [3.63, 3.8) is 0 Å². The van der Waals surface area contributed by atoms with Gasteiger partial charge in [-0.1, -0.05) is 12.2 Å². The summed E-state index contributed by atoms with van der Waals surface area (Å²) in [5, 5.41) is 18.2. The molecule has 0 fully saturated rings. The van der Waals surface area contributed by atoms with Crippen LogP contribution in [0.3, 0.4) is 0 Å². The van der Waals surface area contributed by atoms with Crippen molar-refractivity contribution in [2.75, 3.05) is 13.6 Å². The lowest BCUT2D eigenvalue weighted by atomic mass is 10.1. The molecule has 1 aliphatic rings. The number of carbonyl (C=O) groups is 2. The maximum Gasteiger partial charge on any atom is 0.335 e. The fourth-order valence-corrected chi connectivity index (χ4v) is 1.31. The highest BCUT2D eigenvalue weighted by atomic mass is 16.4. The zero-order chi connectivity index (χ0) is 12.1. The SMILES string of the molecule is CN(C=O)CC1=CC(C(=O)O)=CC(O)C=C1. The van der Waals surface area contributed by atoms with E-state index in [9.17, 15) is 14.7 Å². The molecule has 0 aromatic carbocycles. The monoisotopic (exact) mass is 223 g/mol. The van der Waals surface area contributed by atoms with Crippen molar-refractivity contribution in [3.8, 4) is 0 Å². The molecule has 0 aromatic heterocycles. The topological polar surface area (TPSA) is 77.8 Å². The van der Waals surface area contributed by atoms with E-state index in [4.69, 9.17) is 5.11 Å². The van der Waals surface area contributed by atoms with Gasteiger partial charge in [-0.15, -0.1) is 0 Å². The summed E-state index contributed by atoms with van der Waals surface area (Å²) in [7, 11) is 1.59. The Hall–Kier alpha value is -1.88. The van der Waals surface area contributed by atoms with Crippen LogP contribution < -0.4 is 0 Å². The Bertz CT molecular complexity index is 381. The minimum Gasteiger partial charge on any atom is -0.478 e. The molecule has 0 aliphatic heterocycles. The summed E-state index contributed by atoms with van der Waals surface area (Å²) < 4.78 is 0. The van der Waals surface area contributed by atoms with Crippen LogP contribution in [-0.2, 0) is 9.59 Å². The lowest BCUT2D eigenvalue weighted by molar-refractivity contribution is -0.132. The summed E-state index contributed by atoms with van der Waals surface area (Å²) in [6.07, 6.45) is 5.50. The van der Waals surface area contributed by atoms with E-state index in [0.29, 0.717) is 18.5 Å². The minimum absolute atomic E-state index is 0.0202. The predicted molar refractivity (Wildman–Crippen MR) is 57.6 cm³/mol. The second kappa shape index (κ2) is 5.27. The number of carboxylic acids is 1. The van der Waals surface area contributed by atoms with Gasteiger partial charge in [0, 0.05) is 13.6 Å². The molecule has 1 atom stereocenters. The van der Waals surface area contributed by atoms with Gasteiger partial charge in [0.2, 0.25) is 6.41 Å². The molecule has 16 heavy (non-hydrogen) atoms. The first-order chi connectivity index (χ1) is 7.52. The Labute approximate surface area is 93.0 Å². The molecule has 0 saturated carbocycles. The van der Waals surface area contributed by atoms with Crippen LogP contribution in [-0.4, -0.2) is 47.2 Å². The van der Waals surface area contributed by atoms with Crippen molar-refractivity contribution in [2.45, 2.75) is 6.10 Å². The third-order valence-electron chi connectivity index (χ3n) is 2.06. The normalized spacial score (nSPS) is 19.5. The molecule has 1 aliphatic carbocycles. The van der Waals surface area contributed by atoms with E-state index in [1.54, 1.807) is 13.1 Å². The zero-order valence-electron chi connectivity index (χ0n) is 8.83. The molecule has 86 valence electrons. The maximum absolute atomic E-state index is 10.8. The van der Waals surface area contributed by atoms with E-state index in [-0.39, 0.29) is 5.57 Å². The second-order valence-corrected chi connectivity index (χ2v) is 3.52. The van der Waals surface area contributed by atoms with Crippen molar-refractivity contribution >= 4 is 12.4 Å². The van der Waals surface area contributed by atoms with Crippen LogP contribution in [0.15, 0.2) is 35.5 Å². The van der Waals surface area contributed by atoms with E-state index in [1.807, 2.05) is 0 Å². The standard InChI is InChI=1S/C11H13NO4/c1-12(7-13)6-8-2-3-10(14)5-9(4-8)11(15)16/h2-5,7,10,14H,6H2,1H3,(H,15,16). The molecule has 1 amide bonds. The molecule has 0 spiro atoms. The average Bonchev–Trinajstić information content (AvgIpc) is 2.41. The van der Waals surface area contributed by atoms with Gasteiger partial charge in [0.25, 0.3) is 0 Å². The number of nitrogens with zero attached hydrogens (tertiary/aromatic N) is 1. The van der Waals surface area contributed by atoms with E-state index in [1.165, 1.54) is 23.1 Å². The number of aliphatic hydroxyl groups excluding tert-OH is 1. The number of hydrogen-bond acceptors (Lipinski definition) is 3. The van der Waals surface area contributed by atoms with Gasteiger partial charge in [0.05, 0.1) is 11.7 Å². The van der Waals surface area contributed by atoms with E-state index in [0.717, 1.165) is 0 Å². The van der Waals surface area contributed by atoms with Crippen LogP contribution in [0.4, 0.5) is 0 Å². The molecular weight excluding hydrogens is 210 g/mol. The number of carbonyl (C=O) groups excluding carboxylic acids is 1. The van der Waals surface area contributed by atoms with Crippen molar-refractivity contribution in [1.82, 2.24) is 4.90 Å². The molecular formula is C11H13NO4. The van der Waals surface area contributed by atoms with Gasteiger partial charge in [0.1, 0.15) is 0 Å². The summed E-state index contributed by atoms with van der Waals surface area (Å²) in [6, 6.07) is 0. The van der Waals surface area contributed by atoms with Gasteiger partial charge in [0.15, 0.2) is 0 Å². The highest BCUT2D eigenvalue weighted by molar-refractivity contribution is 5.90. The zero-order valence-corrected chi connectivity index (χ0v) is 8.83. The minimum atomic E-state index is -1.10.